The molecule has 0 saturated carbocycles. The minimum atomic E-state index is 0.536. The molecule has 4 aromatic heterocycles. The standard InChI is InChI=1S/C24H19N5OS/c1-17-6-4-7-18(12-17)23-26-27-24(29(23)15-20-8-5-11-30-20)31-16-19-14-28-10-3-2-9-22(28)21(19)13-25/h2-12,14H,15-16H2,1H3. The van der Waals surface area contributed by atoms with Gasteiger partial charge in [0.2, 0.25) is 0 Å². The Balaban J connectivity index is 1.50. The number of nitriles is 1. The fraction of sp³-hybridized carbons (Fsp3) is 0.125. The molecule has 31 heavy (non-hydrogen) atoms. The summed E-state index contributed by atoms with van der Waals surface area (Å²) in [5, 5.41) is 19.4. The van der Waals surface area contributed by atoms with Gasteiger partial charge < -0.3 is 8.82 Å². The first kappa shape index (κ1) is 19.2. The fourth-order valence-electron chi connectivity index (χ4n) is 3.65. The molecule has 0 N–H and O–H groups in total. The molecule has 1 aromatic carbocycles. The number of rotatable bonds is 6. The third-order valence-corrected chi connectivity index (χ3v) is 6.13. The van der Waals surface area contributed by atoms with Crippen molar-refractivity contribution in [2.75, 3.05) is 0 Å². The van der Waals surface area contributed by atoms with Gasteiger partial charge in [0, 0.05) is 23.7 Å². The summed E-state index contributed by atoms with van der Waals surface area (Å²) >= 11 is 1.57. The van der Waals surface area contributed by atoms with Crippen molar-refractivity contribution >= 4 is 17.3 Å². The maximum Gasteiger partial charge on any atom is 0.192 e. The van der Waals surface area contributed by atoms with Crippen LogP contribution in [0.2, 0.25) is 0 Å². The van der Waals surface area contributed by atoms with E-state index in [1.807, 2.05) is 59.3 Å². The van der Waals surface area contributed by atoms with E-state index < -0.39 is 0 Å². The van der Waals surface area contributed by atoms with Crippen molar-refractivity contribution in [3.63, 3.8) is 0 Å². The summed E-state index contributed by atoms with van der Waals surface area (Å²) in [6, 6.07) is 20.3. The van der Waals surface area contributed by atoms with Gasteiger partial charge in [-0.2, -0.15) is 5.26 Å². The van der Waals surface area contributed by atoms with E-state index >= 15 is 0 Å². The van der Waals surface area contributed by atoms with Crippen LogP contribution in [0.1, 0.15) is 22.5 Å². The van der Waals surface area contributed by atoms with Crippen molar-refractivity contribution in [2.45, 2.75) is 24.4 Å². The molecule has 0 bridgehead atoms. The van der Waals surface area contributed by atoms with Crippen LogP contribution in [-0.2, 0) is 12.3 Å². The van der Waals surface area contributed by atoms with Gasteiger partial charge in [-0.15, -0.1) is 10.2 Å². The Morgan fingerprint density at radius 1 is 1.10 bits per heavy atom. The molecule has 0 atom stereocenters. The highest BCUT2D eigenvalue weighted by atomic mass is 32.2. The Kier molecular flexibility index (Phi) is 5.06. The van der Waals surface area contributed by atoms with E-state index in [1.165, 1.54) is 5.56 Å². The van der Waals surface area contributed by atoms with Gasteiger partial charge in [0.1, 0.15) is 11.8 Å². The third kappa shape index (κ3) is 3.74. The maximum absolute atomic E-state index is 9.69. The Morgan fingerprint density at radius 2 is 2.03 bits per heavy atom. The van der Waals surface area contributed by atoms with Crippen LogP contribution >= 0.6 is 11.8 Å². The van der Waals surface area contributed by atoms with Gasteiger partial charge in [-0.25, -0.2) is 0 Å². The average molecular weight is 426 g/mol. The number of nitrogens with zero attached hydrogens (tertiary/aromatic N) is 5. The molecule has 0 spiro atoms. The molecule has 0 aliphatic carbocycles. The van der Waals surface area contributed by atoms with Crippen LogP contribution < -0.4 is 0 Å². The van der Waals surface area contributed by atoms with E-state index in [1.54, 1.807) is 18.0 Å². The molecular weight excluding hydrogens is 406 g/mol. The molecule has 0 aliphatic heterocycles. The molecule has 0 aliphatic rings. The normalized spacial score (nSPS) is 11.1. The molecule has 0 amide bonds. The first-order valence-electron chi connectivity index (χ1n) is 9.87. The number of hydrogen-bond acceptors (Lipinski definition) is 5. The lowest BCUT2D eigenvalue weighted by atomic mass is 10.1. The molecule has 7 heteroatoms. The summed E-state index contributed by atoms with van der Waals surface area (Å²) < 4.78 is 9.64. The zero-order chi connectivity index (χ0) is 21.2. The summed E-state index contributed by atoms with van der Waals surface area (Å²) in [4.78, 5) is 0. The molecule has 6 nitrogen and oxygen atoms in total. The first-order chi connectivity index (χ1) is 15.2. The predicted octanol–water partition coefficient (Wildman–Crippen LogP) is 5.31. The summed E-state index contributed by atoms with van der Waals surface area (Å²) in [6.07, 6.45) is 5.64. The second-order valence-corrected chi connectivity index (χ2v) is 8.21. The Hall–Kier alpha value is -3.76. The van der Waals surface area contributed by atoms with Crippen LogP contribution in [0.15, 0.2) is 82.8 Å². The highest BCUT2D eigenvalue weighted by molar-refractivity contribution is 7.98. The van der Waals surface area contributed by atoms with Gasteiger partial charge >= 0.3 is 0 Å². The SMILES string of the molecule is Cc1cccc(-c2nnc(SCc3cn4ccccc4c3C#N)n2Cc2ccco2)c1. The lowest BCUT2D eigenvalue weighted by Gasteiger charge is -2.09. The minimum absolute atomic E-state index is 0.536. The van der Waals surface area contributed by atoms with Crippen LogP contribution in [0, 0.1) is 18.3 Å². The van der Waals surface area contributed by atoms with E-state index in [0.717, 1.165) is 33.4 Å². The second kappa shape index (κ2) is 8.17. The number of fused-ring (bicyclic) bond motifs is 1. The quantitative estimate of drug-likeness (QED) is 0.345. The number of hydrogen-bond donors (Lipinski definition) is 0. The summed E-state index contributed by atoms with van der Waals surface area (Å²) in [6.45, 7) is 2.60. The summed E-state index contributed by atoms with van der Waals surface area (Å²) in [7, 11) is 0. The lowest BCUT2D eigenvalue weighted by Crippen LogP contribution is -2.03. The summed E-state index contributed by atoms with van der Waals surface area (Å²) in [5.74, 6) is 2.25. The highest BCUT2D eigenvalue weighted by Crippen LogP contribution is 2.30. The zero-order valence-electron chi connectivity index (χ0n) is 16.9. The topological polar surface area (TPSA) is 72.1 Å². The molecular formula is C24H19N5OS. The van der Waals surface area contributed by atoms with Crippen molar-refractivity contribution in [1.29, 1.82) is 5.26 Å². The molecule has 0 saturated heterocycles. The van der Waals surface area contributed by atoms with Gasteiger partial charge in [-0.1, -0.05) is 41.6 Å². The average Bonchev–Trinajstić information content (AvgIpc) is 3.51. The largest absolute Gasteiger partial charge is 0.467 e. The predicted molar refractivity (Wildman–Crippen MR) is 120 cm³/mol. The molecule has 0 radical (unpaired) electrons. The van der Waals surface area contributed by atoms with Crippen molar-refractivity contribution in [2.24, 2.45) is 0 Å². The number of furan rings is 1. The Bertz CT molecular complexity index is 1390. The van der Waals surface area contributed by atoms with Gasteiger partial charge in [-0.05, 0) is 42.8 Å². The van der Waals surface area contributed by atoms with E-state index in [4.69, 9.17) is 4.42 Å². The van der Waals surface area contributed by atoms with Crippen molar-refractivity contribution < 1.29 is 4.42 Å². The van der Waals surface area contributed by atoms with E-state index in [-0.39, 0.29) is 0 Å². The van der Waals surface area contributed by atoms with E-state index in [9.17, 15) is 5.26 Å². The number of aryl methyl sites for hydroxylation is 1. The molecule has 152 valence electrons. The number of aromatic nitrogens is 4. The van der Waals surface area contributed by atoms with Crippen molar-refractivity contribution in [3.8, 4) is 17.5 Å². The van der Waals surface area contributed by atoms with Crippen LogP contribution in [-0.4, -0.2) is 19.2 Å². The fourth-order valence-corrected chi connectivity index (χ4v) is 4.56. The van der Waals surface area contributed by atoms with Crippen LogP contribution in [0.3, 0.4) is 0 Å². The van der Waals surface area contributed by atoms with Crippen molar-refractivity contribution in [3.05, 3.63) is 95.7 Å². The minimum Gasteiger partial charge on any atom is -0.467 e. The second-order valence-electron chi connectivity index (χ2n) is 7.26. The van der Waals surface area contributed by atoms with Gasteiger partial charge in [0.05, 0.1) is 23.9 Å². The van der Waals surface area contributed by atoms with Gasteiger partial charge in [0.15, 0.2) is 11.0 Å². The third-order valence-electron chi connectivity index (χ3n) is 5.12. The van der Waals surface area contributed by atoms with Crippen LogP contribution in [0.5, 0.6) is 0 Å². The van der Waals surface area contributed by atoms with E-state index in [0.29, 0.717) is 17.9 Å². The Morgan fingerprint density at radius 3 is 2.84 bits per heavy atom. The maximum atomic E-state index is 9.69. The monoisotopic (exact) mass is 425 g/mol. The van der Waals surface area contributed by atoms with E-state index in [2.05, 4.69) is 39.9 Å². The molecule has 4 heterocycles. The summed E-state index contributed by atoms with van der Waals surface area (Å²) in [5.41, 5.74) is 4.77. The number of pyridine rings is 1. The molecule has 5 rings (SSSR count). The number of thioether (sulfide) groups is 1. The van der Waals surface area contributed by atoms with Gasteiger partial charge in [0.25, 0.3) is 0 Å². The van der Waals surface area contributed by atoms with Crippen LogP contribution in [0.4, 0.5) is 0 Å². The molecule has 5 aromatic rings. The molecule has 0 unspecified atom stereocenters. The molecule has 0 fully saturated rings. The lowest BCUT2D eigenvalue weighted by molar-refractivity contribution is 0.485. The smallest absolute Gasteiger partial charge is 0.192 e. The first-order valence-corrected chi connectivity index (χ1v) is 10.9. The van der Waals surface area contributed by atoms with Crippen LogP contribution in [0.25, 0.3) is 16.9 Å². The van der Waals surface area contributed by atoms with Gasteiger partial charge in [-0.3, -0.25) is 4.57 Å². The Labute approximate surface area is 183 Å². The number of benzene rings is 1. The highest BCUT2D eigenvalue weighted by Gasteiger charge is 2.18. The zero-order valence-corrected chi connectivity index (χ0v) is 17.7. The van der Waals surface area contributed by atoms with Crippen molar-refractivity contribution in [1.82, 2.24) is 19.2 Å².